The van der Waals surface area contributed by atoms with Gasteiger partial charge in [-0.05, 0) is 12.1 Å². The number of piperazine rings is 1. The third-order valence-electron chi connectivity index (χ3n) is 3.02. The molecule has 0 atom stereocenters. The van der Waals surface area contributed by atoms with Crippen molar-refractivity contribution in [2.45, 2.75) is 0 Å². The van der Waals surface area contributed by atoms with Gasteiger partial charge in [0, 0.05) is 38.3 Å². The van der Waals surface area contributed by atoms with E-state index in [0.29, 0.717) is 0 Å². The number of para-hydroxylation sites is 1. The van der Waals surface area contributed by atoms with Crippen LogP contribution in [0.1, 0.15) is 0 Å². The number of anilines is 1. The van der Waals surface area contributed by atoms with Gasteiger partial charge in [0.15, 0.2) is 0 Å². The van der Waals surface area contributed by atoms with Crippen LogP contribution >= 0.6 is 23.2 Å². The van der Waals surface area contributed by atoms with Crippen molar-refractivity contribution < 1.29 is 0 Å². The average molecular weight is 271 g/mol. The second kappa shape index (κ2) is 6.29. The van der Waals surface area contributed by atoms with E-state index in [1.54, 1.807) is 5.54 Å². The topological polar surface area (TPSA) is 6.48 Å². The lowest BCUT2D eigenvalue weighted by molar-refractivity contribution is 0.284. The van der Waals surface area contributed by atoms with Gasteiger partial charge in [0.2, 0.25) is 0 Å². The lowest BCUT2D eigenvalue weighted by Crippen LogP contribution is -2.46. The first-order valence-electron chi connectivity index (χ1n) is 5.78. The second-order valence-corrected chi connectivity index (χ2v) is 4.76. The van der Waals surface area contributed by atoms with Crippen LogP contribution in [0.25, 0.3) is 0 Å². The van der Waals surface area contributed by atoms with Crippen LogP contribution in [0.3, 0.4) is 0 Å². The average Bonchev–Trinajstić information content (AvgIpc) is 2.38. The zero-order valence-corrected chi connectivity index (χ0v) is 11.2. The fraction of sp³-hybridized carbons (Fsp3) is 0.385. The van der Waals surface area contributed by atoms with Crippen molar-refractivity contribution in [2.75, 3.05) is 37.6 Å². The molecular weight excluding hydrogens is 255 g/mol. The van der Waals surface area contributed by atoms with Gasteiger partial charge in [-0.3, -0.25) is 4.90 Å². The fourth-order valence-corrected chi connectivity index (χ4v) is 2.40. The minimum Gasteiger partial charge on any atom is -0.368 e. The van der Waals surface area contributed by atoms with Crippen LogP contribution < -0.4 is 4.90 Å². The first-order valence-corrected chi connectivity index (χ1v) is 6.60. The van der Waals surface area contributed by atoms with Gasteiger partial charge in [0.25, 0.3) is 0 Å². The molecule has 0 aromatic heterocycles. The molecule has 1 heterocycles. The first-order chi connectivity index (χ1) is 8.31. The number of hydrogen-bond donors (Lipinski definition) is 0. The molecule has 0 radical (unpaired) electrons. The Morgan fingerprint density at radius 3 is 2.47 bits per heavy atom. The maximum absolute atomic E-state index is 6.19. The van der Waals surface area contributed by atoms with Gasteiger partial charge < -0.3 is 4.90 Å². The zero-order valence-electron chi connectivity index (χ0n) is 9.65. The second-order valence-electron chi connectivity index (χ2n) is 4.10. The highest BCUT2D eigenvalue weighted by molar-refractivity contribution is 6.33. The van der Waals surface area contributed by atoms with E-state index in [0.717, 1.165) is 43.4 Å². The summed E-state index contributed by atoms with van der Waals surface area (Å²) in [5.41, 5.74) is 2.72. The third-order valence-corrected chi connectivity index (χ3v) is 3.52. The highest BCUT2D eigenvalue weighted by atomic mass is 35.5. The van der Waals surface area contributed by atoms with Gasteiger partial charge in [-0.15, -0.1) is 0 Å². The van der Waals surface area contributed by atoms with Crippen LogP contribution in [0.15, 0.2) is 35.9 Å². The Bertz CT molecular complexity index is 385. The summed E-state index contributed by atoms with van der Waals surface area (Å²) < 4.78 is 0. The Labute approximate surface area is 112 Å². The Balaban J connectivity index is 1.93. The van der Waals surface area contributed by atoms with E-state index >= 15 is 0 Å². The SMILES string of the molecule is ClC=CCN1CCN(c2ccccc2Cl)CC1. The standard InChI is InChI=1S/C13H16Cl2N2/c14-6-3-7-16-8-10-17(11-9-16)13-5-2-1-4-12(13)15/h1-6H,7-11H2. The van der Waals surface area contributed by atoms with Gasteiger partial charge in [-0.2, -0.15) is 0 Å². The quantitative estimate of drug-likeness (QED) is 0.833. The van der Waals surface area contributed by atoms with E-state index in [1.807, 2.05) is 24.3 Å². The van der Waals surface area contributed by atoms with E-state index in [2.05, 4.69) is 15.9 Å². The number of halogens is 2. The van der Waals surface area contributed by atoms with Crippen molar-refractivity contribution in [3.8, 4) is 0 Å². The number of nitrogens with zero attached hydrogens (tertiary/aromatic N) is 2. The van der Waals surface area contributed by atoms with E-state index in [1.165, 1.54) is 0 Å². The molecule has 0 amide bonds. The number of benzene rings is 1. The molecule has 1 saturated heterocycles. The van der Waals surface area contributed by atoms with E-state index in [-0.39, 0.29) is 0 Å². The zero-order chi connectivity index (χ0) is 12.1. The van der Waals surface area contributed by atoms with Crippen LogP contribution in [-0.4, -0.2) is 37.6 Å². The highest BCUT2D eigenvalue weighted by Crippen LogP contribution is 2.25. The molecule has 0 aliphatic carbocycles. The molecule has 0 unspecified atom stereocenters. The molecule has 4 heteroatoms. The minimum absolute atomic E-state index is 0.835. The highest BCUT2D eigenvalue weighted by Gasteiger charge is 2.17. The smallest absolute Gasteiger partial charge is 0.0639 e. The van der Waals surface area contributed by atoms with Gasteiger partial charge in [-0.1, -0.05) is 41.4 Å². The van der Waals surface area contributed by atoms with Crippen LogP contribution in [0.2, 0.25) is 5.02 Å². The molecular formula is C13H16Cl2N2. The molecule has 1 aromatic carbocycles. The number of hydrogen-bond acceptors (Lipinski definition) is 2. The van der Waals surface area contributed by atoms with Crippen molar-refractivity contribution in [3.05, 3.63) is 40.9 Å². The molecule has 2 nitrogen and oxygen atoms in total. The minimum atomic E-state index is 0.835. The lowest BCUT2D eigenvalue weighted by atomic mass is 10.2. The molecule has 2 rings (SSSR count). The third kappa shape index (κ3) is 3.38. The molecule has 1 aliphatic rings. The van der Waals surface area contributed by atoms with Gasteiger partial charge in [0.05, 0.1) is 10.7 Å². The lowest BCUT2D eigenvalue weighted by Gasteiger charge is -2.35. The van der Waals surface area contributed by atoms with Crippen molar-refractivity contribution >= 4 is 28.9 Å². The summed E-state index contributed by atoms with van der Waals surface area (Å²) in [5, 5.41) is 0.835. The summed E-state index contributed by atoms with van der Waals surface area (Å²) in [5.74, 6) is 0. The molecule has 92 valence electrons. The Kier molecular flexibility index (Phi) is 4.72. The Morgan fingerprint density at radius 2 is 1.82 bits per heavy atom. The van der Waals surface area contributed by atoms with Crippen LogP contribution in [0, 0.1) is 0 Å². The van der Waals surface area contributed by atoms with Gasteiger partial charge in [-0.25, -0.2) is 0 Å². The Morgan fingerprint density at radius 1 is 1.12 bits per heavy atom. The van der Waals surface area contributed by atoms with Crippen molar-refractivity contribution in [2.24, 2.45) is 0 Å². The summed E-state index contributed by atoms with van der Waals surface area (Å²) in [6.45, 7) is 5.05. The molecule has 0 N–H and O–H groups in total. The molecule has 0 bridgehead atoms. The maximum Gasteiger partial charge on any atom is 0.0639 e. The maximum atomic E-state index is 6.19. The van der Waals surface area contributed by atoms with E-state index < -0.39 is 0 Å². The van der Waals surface area contributed by atoms with Crippen molar-refractivity contribution in [1.29, 1.82) is 0 Å². The van der Waals surface area contributed by atoms with Crippen LogP contribution in [-0.2, 0) is 0 Å². The first kappa shape index (κ1) is 12.7. The summed E-state index contributed by atoms with van der Waals surface area (Å²) in [6, 6.07) is 8.02. The molecule has 0 saturated carbocycles. The monoisotopic (exact) mass is 270 g/mol. The van der Waals surface area contributed by atoms with Gasteiger partial charge >= 0.3 is 0 Å². The molecule has 17 heavy (non-hydrogen) atoms. The molecule has 0 spiro atoms. The predicted octanol–water partition coefficient (Wildman–Crippen LogP) is 3.21. The summed E-state index contributed by atoms with van der Waals surface area (Å²) in [7, 11) is 0. The van der Waals surface area contributed by atoms with E-state index in [4.69, 9.17) is 23.2 Å². The van der Waals surface area contributed by atoms with Crippen LogP contribution in [0.4, 0.5) is 5.69 Å². The Hall–Kier alpha value is -0.700. The summed E-state index contributed by atoms with van der Waals surface area (Å²) in [4.78, 5) is 4.72. The van der Waals surface area contributed by atoms with Crippen molar-refractivity contribution in [3.63, 3.8) is 0 Å². The van der Waals surface area contributed by atoms with Gasteiger partial charge in [0.1, 0.15) is 0 Å². The summed E-state index contributed by atoms with van der Waals surface area (Å²) in [6.07, 6.45) is 1.98. The normalized spacial score (nSPS) is 17.9. The molecule has 1 aliphatic heterocycles. The predicted molar refractivity (Wildman–Crippen MR) is 75.1 cm³/mol. The van der Waals surface area contributed by atoms with Crippen molar-refractivity contribution in [1.82, 2.24) is 4.90 Å². The number of rotatable bonds is 3. The fourth-order valence-electron chi connectivity index (χ4n) is 2.07. The summed E-state index contributed by atoms with van der Waals surface area (Å²) >= 11 is 11.7. The largest absolute Gasteiger partial charge is 0.368 e. The molecule has 1 fully saturated rings. The van der Waals surface area contributed by atoms with Crippen LogP contribution in [0.5, 0.6) is 0 Å². The van der Waals surface area contributed by atoms with E-state index in [9.17, 15) is 0 Å². The molecule has 1 aromatic rings.